The molecule has 0 spiro atoms. The number of pyridine rings is 2. The van der Waals surface area contributed by atoms with Crippen LogP contribution in [0.3, 0.4) is 0 Å². The number of aromatic nitrogens is 2. The van der Waals surface area contributed by atoms with Gasteiger partial charge in [-0.25, -0.2) is 28.3 Å². The van der Waals surface area contributed by atoms with E-state index in [2.05, 4.69) is 54.5 Å². The minimum atomic E-state index is -1.08. The number of carbonyl (C=O) groups excluding carboxylic acids is 9. The molecule has 2 aliphatic rings. The molecule has 2 aromatic heterocycles. The van der Waals surface area contributed by atoms with Crippen LogP contribution in [-0.2, 0) is 56.1 Å². The summed E-state index contributed by atoms with van der Waals surface area (Å²) in [6.45, 7) is 11.4. The molecule has 4 atom stereocenters. The zero-order chi connectivity index (χ0) is 54.9. The van der Waals surface area contributed by atoms with Gasteiger partial charge in [0.25, 0.3) is 23.6 Å². The lowest BCUT2D eigenvalue weighted by Gasteiger charge is -2.24. The number of carbonyl (C=O) groups is 9. The van der Waals surface area contributed by atoms with E-state index in [9.17, 15) is 51.9 Å². The highest BCUT2D eigenvalue weighted by molar-refractivity contribution is 8.13. The van der Waals surface area contributed by atoms with E-state index in [4.69, 9.17) is 9.47 Å². The van der Waals surface area contributed by atoms with E-state index in [-0.39, 0.29) is 77.1 Å². The summed E-state index contributed by atoms with van der Waals surface area (Å²) in [5.41, 5.74) is -0.860. The van der Waals surface area contributed by atoms with Gasteiger partial charge in [0.1, 0.15) is 58.7 Å². The molecule has 0 saturated heterocycles. The van der Waals surface area contributed by atoms with E-state index >= 15 is 0 Å². The Kier molecular flexibility index (Phi) is 26.4. The smallest absolute Gasteiger partial charge is 0.329 e. The Morgan fingerprint density at radius 2 is 1.14 bits per heavy atom. The molecule has 0 radical (unpaired) electrons. The fraction of sp³-hybridized carbons (Fsp3) is 0.471. The monoisotopic (exact) mass is 1070 g/mol. The molecule has 4 heterocycles. The normalized spacial score (nSPS) is 21.0. The lowest BCUT2D eigenvalue weighted by molar-refractivity contribution is -0.153. The molecule has 0 saturated carbocycles. The number of nitrogens with zero attached hydrogens (tertiary/aromatic N) is 2. The van der Waals surface area contributed by atoms with E-state index in [1.165, 1.54) is 43.8 Å². The summed E-state index contributed by atoms with van der Waals surface area (Å²) < 4.78 is 39.7. The Balaban J connectivity index is 0.000000395. The lowest BCUT2D eigenvalue weighted by Crippen LogP contribution is -2.48. The number of amides is 6. The predicted molar refractivity (Wildman–Crippen MR) is 275 cm³/mol. The quantitative estimate of drug-likeness (QED) is 0.0478. The van der Waals surface area contributed by atoms with Crippen LogP contribution >= 0.6 is 24.4 Å². The molecule has 6 amide bonds. The molecule has 23 heteroatoms. The average Bonchev–Trinajstić information content (AvgIpc) is 3.35. The van der Waals surface area contributed by atoms with Crippen molar-refractivity contribution in [2.24, 2.45) is 11.8 Å². The summed E-state index contributed by atoms with van der Waals surface area (Å²) in [4.78, 5) is 122. The molecule has 0 fully saturated rings. The van der Waals surface area contributed by atoms with Gasteiger partial charge in [0.15, 0.2) is 5.12 Å². The first-order chi connectivity index (χ1) is 35.2. The first-order valence-corrected chi connectivity index (χ1v) is 25.7. The molecule has 4 rings (SSSR count). The zero-order valence-electron chi connectivity index (χ0n) is 42.5. The fourth-order valence-electron chi connectivity index (χ4n) is 6.62. The first-order valence-electron chi connectivity index (χ1n) is 24.1. The van der Waals surface area contributed by atoms with Gasteiger partial charge in [-0.3, -0.25) is 33.6 Å². The highest BCUT2D eigenvalue weighted by Gasteiger charge is 2.32. The van der Waals surface area contributed by atoms with Crippen LogP contribution in [0, 0.1) is 23.5 Å². The Bertz CT molecular complexity index is 2480. The van der Waals surface area contributed by atoms with E-state index in [1.807, 2.05) is 6.92 Å². The SMILES string of the molecule is C/C=C1\NC(=O)c2ccc(F)c(n2)CNC(=O)C[C@@H](/C=C/CCS)OC(=O)[C@H](C(C)C)NC1=O.C/C=C1\NC(=O)c2ccc(F)c(n2)CNC(=O)C[C@@H](/C=C/CCSC(=O)CCCC)OC(=O)[C@H](C(C)C)NC1=O. The zero-order valence-corrected chi connectivity index (χ0v) is 44.2. The standard InChI is InChI=1S/C28H37FN4O6S.C23H29FN4O5S/c1-5-7-11-24(35)40-14-9-8-10-18-15-23(34)30-16-22-19(29)12-13-21(31-22)27(37)32-20(6-2)26(36)33-25(17(3)4)28(38)39-18;1-4-16-21(30)28-20(13(2)3)23(32)33-14(7-5-6-10-34)11-19(29)25-12-18-15(24)8-9-17(26-18)22(31)27-16/h6,8,10,12-13,17-18,25H,5,7,9,11,14-16H2,1-4H3,(H,30,34)(H,32,37)(H,33,36);4-5,7-9,13-14,20,34H,6,10-12H2,1-3H3,(H,25,29)(H,27,31)(H,28,30)/b10-8+,20-6-;7-5+,16-4-/t18-,25+;14-,20+/m11/s1. The number of fused-ring (bicyclic) bond motifs is 4. The van der Waals surface area contributed by atoms with E-state index in [0.29, 0.717) is 30.8 Å². The van der Waals surface area contributed by atoms with Crippen molar-refractivity contribution in [1.29, 1.82) is 0 Å². The third kappa shape index (κ3) is 20.6. The van der Waals surface area contributed by atoms with Crippen molar-refractivity contribution in [2.75, 3.05) is 11.5 Å². The van der Waals surface area contributed by atoms with E-state index in [0.717, 1.165) is 31.0 Å². The molecule has 19 nitrogen and oxygen atoms in total. The Morgan fingerprint density at radius 1 is 0.703 bits per heavy atom. The number of esters is 2. The number of nitrogens with one attached hydrogen (secondary N) is 6. The van der Waals surface area contributed by atoms with Gasteiger partial charge in [-0.15, -0.1) is 0 Å². The van der Waals surface area contributed by atoms with Crippen LogP contribution in [-0.4, -0.2) is 98.3 Å². The van der Waals surface area contributed by atoms with Crippen LogP contribution in [0.25, 0.3) is 0 Å². The highest BCUT2D eigenvalue weighted by Crippen LogP contribution is 2.16. The summed E-state index contributed by atoms with van der Waals surface area (Å²) in [6, 6.07) is 2.33. The fourth-order valence-corrected chi connectivity index (χ4v) is 7.54. The molecule has 6 N–H and O–H groups in total. The second-order valence-electron chi connectivity index (χ2n) is 17.3. The molecule has 2 aromatic rings. The van der Waals surface area contributed by atoms with Crippen molar-refractivity contribution in [1.82, 2.24) is 41.9 Å². The molecular formula is C51H66F2N8O11S2. The van der Waals surface area contributed by atoms with Gasteiger partial charge < -0.3 is 41.4 Å². The third-order valence-corrected chi connectivity index (χ3v) is 12.0. The van der Waals surface area contributed by atoms with Crippen LogP contribution in [0.15, 0.2) is 72.1 Å². The predicted octanol–water partition coefficient (Wildman–Crippen LogP) is 5.13. The number of unbranched alkanes of at least 4 members (excludes halogenated alkanes) is 1. The molecule has 74 heavy (non-hydrogen) atoms. The third-order valence-electron chi connectivity index (χ3n) is 10.8. The van der Waals surface area contributed by atoms with Gasteiger partial charge in [0.05, 0.1) is 37.3 Å². The van der Waals surface area contributed by atoms with Crippen LogP contribution in [0.4, 0.5) is 8.78 Å². The number of halogens is 2. The maximum Gasteiger partial charge on any atom is 0.329 e. The number of allylic oxidation sites excluding steroid dienone is 4. The number of cyclic esters (lactones) is 2. The molecule has 0 aromatic carbocycles. The number of rotatable bonds is 12. The summed E-state index contributed by atoms with van der Waals surface area (Å²) in [5.74, 6) is -6.56. The van der Waals surface area contributed by atoms with Gasteiger partial charge in [-0.05, 0) is 87.1 Å². The molecule has 4 bridgehead atoms. The number of thiol groups is 1. The average molecular weight is 1070 g/mol. The van der Waals surface area contributed by atoms with Crippen LogP contribution in [0.2, 0.25) is 0 Å². The largest absolute Gasteiger partial charge is 0.456 e. The van der Waals surface area contributed by atoms with E-state index < -0.39 is 83.3 Å². The summed E-state index contributed by atoms with van der Waals surface area (Å²) in [6.07, 6.45) is 10.3. The molecule has 402 valence electrons. The Labute approximate surface area is 439 Å². The van der Waals surface area contributed by atoms with Crippen molar-refractivity contribution in [2.45, 2.75) is 131 Å². The van der Waals surface area contributed by atoms with Crippen LogP contribution in [0.5, 0.6) is 0 Å². The van der Waals surface area contributed by atoms with E-state index in [1.54, 1.807) is 52.0 Å². The maximum absolute atomic E-state index is 14.3. The van der Waals surface area contributed by atoms with Crippen molar-refractivity contribution < 1.29 is 61.4 Å². The van der Waals surface area contributed by atoms with Crippen LogP contribution in [0.1, 0.15) is 126 Å². The first kappa shape index (κ1) is 61.5. The van der Waals surface area contributed by atoms with Crippen molar-refractivity contribution in [3.8, 4) is 0 Å². The molecule has 0 aliphatic carbocycles. The number of ether oxygens (including phenoxy) is 2. The Morgan fingerprint density at radius 3 is 1.53 bits per heavy atom. The second-order valence-corrected chi connectivity index (χ2v) is 18.9. The number of hydrogen-bond donors (Lipinski definition) is 7. The Hall–Kier alpha value is -6.75. The minimum Gasteiger partial charge on any atom is -0.456 e. The summed E-state index contributed by atoms with van der Waals surface area (Å²) >= 11 is 5.36. The highest BCUT2D eigenvalue weighted by atomic mass is 32.2. The molecule has 2 aliphatic heterocycles. The second kappa shape index (κ2) is 31.8. The lowest BCUT2D eigenvalue weighted by atomic mass is 10.0. The van der Waals surface area contributed by atoms with Gasteiger partial charge in [-0.2, -0.15) is 12.6 Å². The number of hydrogen-bond acceptors (Lipinski definition) is 15. The van der Waals surface area contributed by atoms with Crippen LogP contribution < -0.4 is 31.9 Å². The van der Waals surface area contributed by atoms with Crippen molar-refractivity contribution in [3.63, 3.8) is 0 Å². The number of thioether (sulfide) groups is 1. The molecule has 0 unspecified atom stereocenters. The van der Waals surface area contributed by atoms with Gasteiger partial charge >= 0.3 is 11.9 Å². The van der Waals surface area contributed by atoms with Gasteiger partial charge in [-0.1, -0.05) is 77.1 Å². The van der Waals surface area contributed by atoms with Gasteiger partial charge in [0.2, 0.25) is 11.8 Å². The van der Waals surface area contributed by atoms with Crippen molar-refractivity contribution in [3.05, 3.63) is 107 Å². The topological polar surface area (TPSA) is 270 Å². The van der Waals surface area contributed by atoms with Gasteiger partial charge in [0, 0.05) is 12.2 Å². The van der Waals surface area contributed by atoms with Crippen molar-refractivity contribution >= 4 is 76.9 Å². The summed E-state index contributed by atoms with van der Waals surface area (Å²) in [7, 11) is 0. The molecular weight excluding hydrogens is 1000 g/mol. The minimum absolute atomic E-state index is 0.109. The maximum atomic E-state index is 14.3. The summed E-state index contributed by atoms with van der Waals surface area (Å²) in [5, 5.41) is 15.2.